The molecule has 0 spiro atoms. The van der Waals surface area contributed by atoms with E-state index in [0.29, 0.717) is 17.9 Å². The van der Waals surface area contributed by atoms with E-state index in [2.05, 4.69) is 0 Å². The van der Waals surface area contributed by atoms with Gasteiger partial charge in [-0.25, -0.2) is 8.42 Å². The first-order valence-electron chi connectivity index (χ1n) is 5.03. The molecule has 0 aliphatic carbocycles. The highest BCUT2D eigenvalue weighted by molar-refractivity contribution is 7.92. The second-order valence-electron chi connectivity index (χ2n) is 3.80. The zero-order valence-corrected chi connectivity index (χ0v) is 9.46. The zero-order valence-electron chi connectivity index (χ0n) is 8.64. The number of hydrogen-bond acceptors (Lipinski definition) is 3. The molecule has 4 heteroatoms. The number of benzene rings is 1. The summed E-state index contributed by atoms with van der Waals surface area (Å²) in [7, 11) is -3.28. The Labute approximate surface area is 90.0 Å². The highest BCUT2D eigenvalue weighted by Gasteiger charge is 2.30. The predicted octanol–water partition coefficient (Wildman–Crippen LogP) is 1.91. The number of hydrogen-bond donors (Lipinski definition) is 0. The summed E-state index contributed by atoms with van der Waals surface area (Å²) >= 11 is 0. The summed E-state index contributed by atoms with van der Waals surface area (Å²) in [6, 6.07) is 6.91. The fourth-order valence-corrected chi connectivity index (χ4v) is 3.24. The van der Waals surface area contributed by atoms with Gasteiger partial charge in [-0.1, -0.05) is 17.7 Å². The highest BCUT2D eigenvalue weighted by Crippen LogP contribution is 2.24. The van der Waals surface area contributed by atoms with Crippen molar-refractivity contribution >= 4 is 9.84 Å². The third-order valence-corrected chi connectivity index (χ3v) is 4.58. The van der Waals surface area contributed by atoms with Crippen LogP contribution in [-0.2, 0) is 14.6 Å². The molecule has 0 amide bonds. The molecule has 1 fully saturated rings. The van der Waals surface area contributed by atoms with E-state index in [4.69, 9.17) is 4.74 Å². The van der Waals surface area contributed by atoms with Crippen molar-refractivity contribution in [2.45, 2.75) is 30.1 Å². The Morgan fingerprint density at radius 1 is 1.27 bits per heavy atom. The van der Waals surface area contributed by atoms with E-state index < -0.39 is 15.3 Å². The van der Waals surface area contributed by atoms with Gasteiger partial charge in [-0.15, -0.1) is 0 Å². The van der Waals surface area contributed by atoms with Crippen molar-refractivity contribution in [3.8, 4) is 0 Å². The van der Waals surface area contributed by atoms with Gasteiger partial charge < -0.3 is 4.74 Å². The molecule has 82 valence electrons. The molecule has 1 heterocycles. The predicted molar refractivity (Wildman–Crippen MR) is 57.3 cm³/mol. The van der Waals surface area contributed by atoms with Crippen LogP contribution in [0.25, 0.3) is 0 Å². The van der Waals surface area contributed by atoms with Crippen LogP contribution in [0.1, 0.15) is 18.4 Å². The Morgan fingerprint density at radius 3 is 2.47 bits per heavy atom. The third kappa shape index (κ3) is 2.06. The summed E-state index contributed by atoms with van der Waals surface area (Å²) in [5.74, 6) is 0. The Balaban J connectivity index is 2.32. The second-order valence-corrected chi connectivity index (χ2v) is 5.89. The van der Waals surface area contributed by atoms with Crippen molar-refractivity contribution in [1.29, 1.82) is 0 Å². The van der Waals surface area contributed by atoms with Crippen LogP contribution in [-0.4, -0.2) is 20.5 Å². The van der Waals surface area contributed by atoms with Crippen molar-refractivity contribution in [3.05, 3.63) is 29.8 Å². The lowest BCUT2D eigenvalue weighted by Crippen LogP contribution is -2.19. The van der Waals surface area contributed by atoms with E-state index in [9.17, 15) is 8.42 Å². The molecule has 1 saturated heterocycles. The van der Waals surface area contributed by atoms with Crippen LogP contribution in [0.2, 0.25) is 0 Å². The van der Waals surface area contributed by atoms with Gasteiger partial charge in [0.05, 0.1) is 4.90 Å². The number of ether oxygens (including phenoxy) is 1. The molecule has 3 nitrogen and oxygen atoms in total. The minimum Gasteiger partial charge on any atom is -0.362 e. The molecule has 1 aliphatic rings. The first kappa shape index (κ1) is 10.6. The van der Waals surface area contributed by atoms with Gasteiger partial charge in [0, 0.05) is 6.61 Å². The van der Waals surface area contributed by atoms with E-state index in [-0.39, 0.29) is 0 Å². The Bertz CT molecular complexity index is 427. The minimum absolute atomic E-state index is 0.361. The number of rotatable bonds is 2. The lowest BCUT2D eigenvalue weighted by molar-refractivity contribution is 0.165. The zero-order chi connectivity index (χ0) is 10.9. The largest absolute Gasteiger partial charge is 0.362 e. The normalized spacial score (nSPS) is 21.8. The molecule has 1 atom stereocenters. The summed E-state index contributed by atoms with van der Waals surface area (Å²) in [5.41, 5.74) is 0.418. The summed E-state index contributed by atoms with van der Waals surface area (Å²) in [6.07, 6.45) is 1.44. The molecule has 0 bridgehead atoms. The summed E-state index contributed by atoms with van der Waals surface area (Å²) < 4.78 is 29.3. The van der Waals surface area contributed by atoms with Crippen LogP contribution < -0.4 is 0 Å². The number of sulfone groups is 1. The Kier molecular flexibility index (Phi) is 2.80. The van der Waals surface area contributed by atoms with Gasteiger partial charge in [-0.05, 0) is 31.9 Å². The lowest BCUT2D eigenvalue weighted by atomic mass is 10.2. The SMILES string of the molecule is Cc1ccc(S(=O)(=O)C2CCCO2)cc1. The molecule has 0 aromatic heterocycles. The summed E-state index contributed by atoms with van der Waals surface area (Å²) in [5, 5.41) is 0. The summed E-state index contributed by atoms with van der Waals surface area (Å²) in [4.78, 5) is 0.361. The molecule has 2 rings (SSSR count). The van der Waals surface area contributed by atoms with Gasteiger partial charge in [-0.3, -0.25) is 0 Å². The smallest absolute Gasteiger partial charge is 0.205 e. The van der Waals surface area contributed by atoms with E-state index >= 15 is 0 Å². The maximum Gasteiger partial charge on any atom is 0.205 e. The summed E-state index contributed by atoms with van der Waals surface area (Å²) in [6.45, 7) is 2.48. The fraction of sp³-hybridized carbons (Fsp3) is 0.455. The molecule has 0 N–H and O–H groups in total. The van der Waals surface area contributed by atoms with E-state index in [1.807, 2.05) is 19.1 Å². The first-order chi connectivity index (χ1) is 7.10. The average molecular weight is 226 g/mol. The second kappa shape index (κ2) is 3.94. The molecule has 1 aromatic rings. The molecule has 0 radical (unpaired) electrons. The van der Waals surface area contributed by atoms with E-state index in [1.165, 1.54) is 0 Å². The van der Waals surface area contributed by atoms with Gasteiger partial charge in [0.25, 0.3) is 0 Å². The van der Waals surface area contributed by atoms with Crippen LogP contribution in [0, 0.1) is 6.92 Å². The van der Waals surface area contributed by atoms with Crippen LogP contribution in [0.3, 0.4) is 0 Å². The van der Waals surface area contributed by atoms with Crippen molar-refractivity contribution < 1.29 is 13.2 Å². The van der Waals surface area contributed by atoms with Crippen molar-refractivity contribution in [1.82, 2.24) is 0 Å². The van der Waals surface area contributed by atoms with Gasteiger partial charge in [0.1, 0.15) is 0 Å². The maximum atomic E-state index is 12.0. The topological polar surface area (TPSA) is 43.4 Å². The highest BCUT2D eigenvalue weighted by atomic mass is 32.2. The molecule has 1 aliphatic heterocycles. The van der Waals surface area contributed by atoms with Crippen LogP contribution in [0.15, 0.2) is 29.2 Å². The molecule has 1 unspecified atom stereocenters. The monoisotopic (exact) mass is 226 g/mol. The minimum atomic E-state index is -3.28. The average Bonchev–Trinajstić information content (AvgIpc) is 2.71. The van der Waals surface area contributed by atoms with E-state index in [0.717, 1.165) is 12.0 Å². The van der Waals surface area contributed by atoms with Crippen LogP contribution in [0.4, 0.5) is 0 Å². The van der Waals surface area contributed by atoms with Gasteiger partial charge in [0.2, 0.25) is 9.84 Å². The Morgan fingerprint density at radius 2 is 1.93 bits per heavy atom. The third-order valence-electron chi connectivity index (χ3n) is 2.58. The standard InChI is InChI=1S/C11H14O3S/c1-9-4-6-10(7-5-9)15(12,13)11-3-2-8-14-11/h4-7,11H,2-3,8H2,1H3. The van der Waals surface area contributed by atoms with Crippen molar-refractivity contribution in [2.24, 2.45) is 0 Å². The maximum absolute atomic E-state index is 12.0. The Hall–Kier alpha value is -0.870. The quantitative estimate of drug-likeness (QED) is 0.773. The van der Waals surface area contributed by atoms with Gasteiger partial charge >= 0.3 is 0 Å². The molecule has 15 heavy (non-hydrogen) atoms. The van der Waals surface area contributed by atoms with E-state index in [1.54, 1.807) is 12.1 Å². The van der Waals surface area contributed by atoms with Gasteiger partial charge in [0.15, 0.2) is 5.44 Å². The fourth-order valence-electron chi connectivity index (χ4n) is 1.67. The molecular weight excluding hydrogens is 212 g/mol. The van der Waals surface area contributed by atoms with Gasteiger partial charge in [-0.2, -0.15) is 0 Å². The first-order valence-corrected chi connectivity index (χ1v) is 6.57. The van der Waals surface area contributed by atoms with Crippen molar-refractivity contribution in [3.63, 3.8) is 0 Å². The molecular formula is C11H14O3S. The van der Waals surface area contributed by atoms with Crippen molar-refractivity contribution in [2.75, 3.05) is 6.61 Å². The molecule has 1 aromatic carbocycles. The van der Waals surface area contributed by atoms with Crippen LogP contribution in [0.5, 0.6) is 0 Å². The number of aryl methyl sites for hydroxylation is 1. The lowest BCUT2D eigenvalue weighted by Gasteiger charge is -2.10. The molecule has 0 saturated carbocycles. The van der Waals surface area contributed by atoms with Crippen LogP contribution >= 0.6 is 0 Å².